The summed E-state index contributed by atoms with van der Waals surface area (Å²) in [4.78, 5) is 0. The number of aryl methyl sites for hydroxylation is 1. The third kappa shape index (κ3) is 5.92. The lowest BCUT2D eigenvalue weighted by Gasteiger charge is -2.24. The predicted molar refractivity (Wildman–Crippen MR) is 84.2 cm³/mol. The molecule has 0 saturated carbocycles. The van der Waals surface area contributed by atoms with Gasteiger partial charge in [0.15, 0.2) is 0 Å². The fourth-order valence-corrected chi connectivity index (χ4v) is 3.42. The van der Waals surface area contributed by atoms with Crippen LogP contribution in [0.15, 0.2) is 6.07 Å². The minimum Gasteiger partial charge on any atom is -0.317 e. The molecule has 0 bridgehead atoms. The summed E-state index contributed by atoms with van der Waals surface area (Å²) in [5.74, 6) is 0. The van der Waals surface area contributed by atoms with Crippen LogP contribution >= 0.6 is 34.5 Å². The molecule has 1 N–H and O–H groups in total. The SMILES string of the molecule is CCCNCCC(C)(C)CCc1cc(Cl)sc1Cl. The zero-order valence-electron chi connectivity index (χ0n) is 11.5. The van der Waals surface area contributed by atoms with Crippen molar-refractivity contribution >= 4 is 34.5 Å². The molecule has 104 valence electrons. The molecule has 0 unspecified atom stereocenters. The second-order valence-corrected chi connectivity index (χ2v) is 7.80. The molecule has 0 fully saturated rings. The standard InChI is InChI=1S/C14H23Cl2NS/c1-4-8-17-9-7-14(2,3)6-5-11-10-12(15)18-13(11)16/h10,17H,4-9H2,1-3H3. The Hall–Kier alpha value is 0.240. The van der Waals surface area contributed by atoms with Gasteiger partial charge in [-0.05, 0) is 55.8 Å². The van der Waals surface area contributed by atoms with Crippen molar-refractivity contribution in [2.45, 2.75) is 46.5 Å². The van der Waals surface area contributed by atoms with Crippen molar-refractivity contribution < 1.29 is 0 Å². The normalized spacial score (nSPS) is 12.1. The molecule has 0 aliphatic heterocycles. The number of rotatable bonds is 8. The summed E-state index contributed by atoms with van der Waals surface area (Å²) in [6.45, 7) is 9.05. The Labute approximate surface area is 125 Å². The number of halogens is 2. The van der Waals surface area contributed by atoms with Crippen LogP contribution in [0.2, 0.25) is 8.67 Å². The topological polar surface area (TPSA) is 12.0 Å². The van der Waals surface area contributed by atoms with Gasteiger partial charge in [0.25, 0.3) is 0 Å². The van der Waals surface area contributed by atoms with E-state index in [0.29, 0.717) is 5.41 Å². The second-order valence-electron chi connectivity index (χ2n) is 5.51. The molecule has 0 amide bonds. The van der Waals surface area contributed by atoms with Gasteiger partial charge in [0.05, 0.1) is 8.67 Å². The minimum atomic E-state index is 0.346. The third-order valence-corrected chi connectivity index (χ3v) is 4.77. The van der Waals surface area contributed by atoms with Crippen molar-refractivity contribution in [3.63, 3.8) is 0 Å². The van der Waals surface area contributed by atoms with E-state index in [2.05, 4.69) is 26.1 Å². The molecule has 1 aromatic heterocycles. The number of hydrogen-bond acceptors (Lipinski definition) is 2. The Morgan fingerprint density at radius 2 is 1.94 bits per heavy atom. The fourth-order valence-electron chi connectivity index (χ4n) is 1.87. The van der Waals surface area contributed by atoms with Gasteiger partial charge in [0, 0.05) is 0 Å². The van der Waals surface area contributed by atoms with Crippen molar-refractivity contribution in [3.8, 4) is 0 Å². The zero-order valence-corrected chi connectivity index (χ0v) is 13.8. The highest BCUT2D eigenvalue weighted by Crippen LogP contribution is 2.34. The van der Waals surface area contributed by atoms with Gasteiger partial charge < -0.3 is 5.32 Å². The molecule has 1 heterocycles. The lowest BCUT2D eigenvalue weighted by molar-refractivity contribution is 0.302. The summed E-state index contributed by atoms with van der Waals surface area (Å²) in [7, 11) is 0. The van der Waals surface area contributed by atoms with Gasteiger partial charge in [-0.25, -0.2) is 0 Å². The van der Waals surface area contributed by atoms with Gasteiger partial charge in [0.1, 0.15) is 0 Å². The highest BCUT2D eigenvalue weighted by molar-refractivity contribution is 7.20. The van der Waals surface area contributed by atoms with Crippen molar-refractivity contribution in [3.05, 3.63) is 20.3 Å². The molecule has 0 aromatic carbocycles. The lowest BCUT2D eigenvalue weighted by Crippen LogP contribution is -2.23. The predicted octanol–water partition coefficient (Wildman–Crippen LogP) is 5.40. The zero-order chi connectivity index (χ0) is 13.6. The number of nitrogens with one attached hydrogen (secondary N) is 1. The van der Waals surface area contributed by atoms with E-state index in [-0.39, 0.29) is 0 Å². The van der Waals surface area contributed by atoms with Crippen molar-refractivity contribution in [1.82, 2.24) is 5.32 Å². The first-order chi connectivity index (χ1) is 8.44. The largest absolute Gasteiger partial charge is 0.317 e. The molecule has 18 heavy (non-hydrogen) atoms. The molecule has 1 nitrogen and oxygen atoms in total. The quantitative estimate of drug-likeness (QED) is 0.634. The molecule has 0 aliphatic rings. The number of hydrogen-bond donors (Lipinski definition) is 1. The first kappa shape index (κ1) is 16.3. The highest BCUT2D eigenvalue weighted by atomic mass is 35.5. The van der Waals surface area contributed by atoms with Crippen LogP contribution in [0.25, 0.3) is 0 Å². The van der Waals surface area contributed by atoms with Crippen LogP contribution in [0.4, 0.5) is 0 Å². The summed E-state index contributed by atoms with van der Waals surface area (Å²) in [5, 5.41) is 3.46. The fraction of sp³-hybridized carbons (Fsp3) is 0.714. The van der Waals surface area contributed by atoms with Crippen LogP contribution in [0.5, 0.6) is 0 Å². The molecule has 0 atom stereocenters. The van der Waals surface area contributed by atoms with Crippen molar-refractivity contribution in [2.24, 2.45) is 5.41 Å². The molecular formula is C14H23Cl2NS. The summed E-state index contributed by atoms with van der Waals surface area (Å²) < 4.78 is 1.64. The van der Waals surface area contributed by atoms with E-state index < -0.39 is 0 Å². The minimum absolute atomic E-state index is 0.346. The van der Waals surface area contributed by atoms with Crippen molar-refractivity contribution in [2.75, 3.05) is 13.1 Å². The van der Waals surface area contributed by atoms with Crippen LogP contribution < -0.4 is 5.32 Å². The lowest BCUT2D eigenvalue weighted by atomic mass is 9.83. The van der Waals surface area contributed by atoms with Crippen LogP contribution in [-0.4, -0.2) is 13.1 Å². The van der Waals surface area contributed by atoms with Gasteiger partial charge in [0.2, 0.25) is 0 Å². The Kier molecular flexibility index (Phi) is 7.01. The van der Waals surface area contributed by atoms with Crippen LogP contribution in [-0.2, 0) is 6.42 Å². The van der Waals surface area contributed by atoms with E-state index in [1.54, 1.807) is 0 Å². The maximum Gasteiger partial charge on any atom is 0.0976 e. The summed E-state index contributed by atoms with van der Waals surface area (Å²) >= 11 is 13.6. The third-order valence-electron chi connectivity index (χ3n) is 3.20. The maximum atomic E-state index is 6.14. The smallest absolute Gasteiger partial charge is 0.0976 e. The highest BCUT2D eigenvalue weighted by Gasteiger charge is 2.18. The van der Waals surface area contributed by atoms with Gasteiger partial charge in [-0.2, -0.15) is 0 Å². The molecule has 0 spiro atoms. The average Bonchev–Trinajstić information content (AvgIpc) is 2.61. The van der Waals surface area contributed by atoms with E-state index >= 15 is 0 Å². The Morgan fingerprint density at radius 1 is 1.22 bits per heavy atom. The number of thiophene rings is 1. The van der Waals surface area contributed by atoms with Gasteiger partial charge >= 0.3 is 0 Å². The van der Waals surface area contributed by atoms with Gasteiger partial charge in [-0.15, -0.1) is 11.3 Å². The summed E-state index contributed by atoms with van der Waals surface area (Å²) in [5.41, 5.74) is 1.54. The first-order valence-electron chi connectivity index (χ1n) is 6.59. The van der Waals surface area contributed by atoms with Crippen molar-refractivity contribution in [1.29, 1.82) is 0 Å². The second kappa shape index (κ2) is 7.74. The van der Waals surface area contributed by atoms with Crippen LogP contribution in [0.1, 0.15) is 45.6 Å². The summed E-state index contributed by atoms with van der Waals surface area (Å²) in [6.07, 6.45) is 4.56. The Balaban J connectivity index is 2.34. The first-order valence-corrected chi connectivity index (χ1v) is 8.16. The maximum absolute atomic E-state index is 6.14. The van der Waals surface area contributed by atoms with E-state index in [4.69, 9.17) is 23.2 Å². The molecule has 0 saturated heterocycles. The molecule has 0 radical (unpaired) electrons. The summed E-state index contributed by atoms with van der Waals surface area (Å²) in [6, 6.07) is 2.00. The van der Waals surface area contributed by atoms with Gasteiger partial charge in [-0.3, -0.25) is 0 Å². The van der Waals surface area contributed by atoms with E-state index in [0.717, 1.165) is 34.6 Å². The average molecular weight is 308 g/mol. The molecule has 1 rings (SSSR count). The molecule has 0 aliphatic carbocycles. The van der Waals surface area contributed by atoms with Crippen LogP contribution in [0.3, 0.4) is 0 Å². The van der Waals surface area contributed by atoms with E-state index in [1.165, 1.54) is 29.7 Å². The Bertz CT molecular complexity index is 361. The monoisotopic (exact) mass is 307 g/mol. The van der Waals surface area contributed by atoms with Gasteiger partial charge in [-0.1, -0.05) is 44.0 Å². The Morgan fingerprint density at radius 3 is 2.50 bits per heavy atom. The van der Waals surface area contributed by atoms with Crippen LogP contribution in [0, 0.1) is 5.41 Å². The molecular weight excluding hydrogens is 285 g/mol. The van der Waals surface area contributed by atoms with E-state index in [1.807, 2.05) is 6.07 Å². The van der Waals surface area contributed by atoms with E-state index in [9.17, 15) is 0 Å². The molecule has 1 aromatic rings. The molecule has 4 heteroatoms.